The van der Waals surface area contributed by atoms with Crippen molar-refractivity contribution in [2.45, 2.75) is 12.5 Å². The zero-order chi connectivity index (χ0) is 44.3. The van der Waals surface area contributed by atoms with Gasteiger partial charge in [-0.2, -0.15) is 0 Å². The molecular weight excluding hydrogens is 813 g/mol. The molecule has 0 saturated heterocycles. The number of hydrogen-bond donors (Lipinski definition) is 0. The largest absolute Gasteiger partial charge is 0.456 e. The van der Waals surface area contributed by atoms with Crippen molar-refractivity contribution in [2.75, 3.05) is 4.90 Å². The van der Waals surface area contributed by atoms with Crippen LogP contribution < -0.4 is 4.90 Å². The van der Waals surface area contributed by atoms with Crippen LogP contribution in [0.5, 0.6) is 0 Å². The number of furan rings is 1. The summed E-state index contributed by atoms with van der Waals surface area (Å²) in [6.45, 7) is 0. The van der Waals surface area contributed by atoms with Crippen molar-refractivity contribution in [3.8, 4) is 44.5 Å². The molecule has 0 N–H and O–H groups in total. The minimum atomic E-state index is 0.272. The van der Waals surface area contributed by atoms with Gasteiger partial charge in [-0.3, -0.25) is 0 Å². The van der Waals surface area contributed by atoms with Gasteiger partial charge in [0.15, 0.2) is 0 Å². The molecule has 1 aliphatic carbocycles. The smallest absolute Gasteiger partial charge is 0.136 e. The lowest BCUT2D eigenvalue weighted by Gasteiger charge is -2.30. The molecule has 10 aromatic carbocycles. The fourth-order valence-electron chi connectivity index (χ4n) is 10.7. The van der Waals surface area contributed by atoms with Crippen LogP contribution in [0.1, 0.15) is 12.5 Å². The van der Waals surface area contributed by atoms with Crippen LogP contribution in [0.3, 0.4) is 0 Å². The SMILES string of the molecule is C1=CCC(n2c3ccccc3c3cc(-c4cccc(N(c5ccccc5-c5ccc6c(c5)oc5ccccc56)c5ccccc5-c5cccc6cccc(-c7ccccc7)c56)c4)ccc32)C=C1. The molecule has 13 rings (SSSR count). The van der Waals surface area contributed by atoms with Gasteiger partial charge in [0.25, 0.3) is 0 Å². The van der Waals surface area contributed by atoms with Gasteiger partial charge in [-0.1, -0.05) is 188 Å². The zero-order valence-electron chi connectivity index (χ0n) is 36.8. The first kappa shape index (κ1) is 38.8. The number of benzene rings is 10. The zero-order valence-corrected chi connectivity index (χ0v) is 36.8. The lowest BCUT2D eigenvalue weighted by atomic mass is 9.90. The highest BCUT2D eigenvalue weighted by Crippen LogP contribution is 2.48. The van der Waals surface area contributed by atoms with Crippen molar-refractivity contribution in [1.29, 1.82) is 0 Å². The van der Waals surface area contributed by atoms with Gasteiger partial charge in [0.05, 0.1) is 17.4 Å². The molecule has 12 aromatic rings. The summed E-state index contributed by atoms with van der Waals surface area (Å²) in [5.74, 6) is 0. The third kappa shape index (κ3) is 6.58. The Balaban J connectivity index is 1.02. The molecule has 316 valence electrons. The molecule has 3 heteroatoms. The highest BCUT2D eigenvalue weighted by atomic mass is 16.3. The van der Waals surface area contributed by atoms with Crippen LogP contribution in [0.15, 0.2) is 253 Å². The molecule has 67 heavy (non-hydrogen) atoms. The van der Waals surface area contributed by atoms with Gasteiger partial charge in [-0.15, -0.1) is 0 Å². The van der Waals surface area contributed by atoms with E-state index in [2.05, 4.69) is 246 Å². The summed E-state index contributed by atoms with van der Waals surface area (Å²) in [4.78, 5) is 2.47. The van der Waals surface area contributed by atoms with Crippen LogP contribution in [0.2, 0.25) is 0 Å². The maximum Gasteiger partial charge on any atom is 0.136 e. The molecule has 1 atom stereocenters. The first-order valence-electron chi connectivity index (χ1n) is 23.2. The molecule has 0 amide bonds. The summed E-state index contributed by atoms with van der Waals surface area (Å²) >= 11 is 0. The van der Waals surface area contributed by atoms with Crippen molar-refractivity contribution in [3.63, 3.8) is 0 Å². The van der Waals surface area contributed by atoms with E-state index in [0.717, 1.165) is 67.7 Å². The van der Waals surface area contributed by atoms with Crippen LogP contribution in [0.25, 0.3) is 99.0 Å². The molecule has 2 heterocycles. The highest BCUT2D eigenvalue weighted by molar-refractivity contribution is 6.11. The first-order chi connectivity index (χ1) is 33.2. The number of aromatic nitrogens is 1. The number of para-hydroxylation sites is 4. The van der Waals surface area contributed by atoms with Gasteiger partial charge in [0.2, 0.25) is 0 Å². The second kappa shape index (κ2) is 16.1. The van der Waals surface area contributed by atoms with E-state index < -0.39 is 0 Å². The summed E-state index contributed by atoms with van der Waals surface area (Å²) in [5.41, 5.74) is 16.7. The number of rotatable bonds is 8. The van der Waals surface area contributed by atoms with E-state index in [1.165, 1.54) is 54.8 Å². The minimum Gasteiger partial charge on any atom is -0.456 e. The van der Waals surface area contributed by atoms with E-state index in [9.17, 15) is 0 Å². The quantitative estimate of drug-likeness (QED) is 0.152. The van der Waals surface area contributed by atoms with Gasteiger partial charge < -0.3 is 13.9 Å². The molecule has 2 aromatic heterocycles. The minimum absolute atomic E-state index is 0.272. The van der Waals surface area contributed by atoms with Crippen LogP contribution in [-0.2, 0) is 0 Å². The lowest BCUT2D eigenvalue weighted by Crippen LogP contribution is -2.12. The number of nitrogens with zero attached hydrogens (tertiary/aromatic N) is 2. The van der Waals surface area contributed by atoms with E-state index in [1.807, 2.05) is 12.1 Å². The molecule has 0 radical (unpaired) electrons. The molecule has 0 spiro atoms. The van der Waals surface area contributed by atoms with Gasteiger partial charge in [-0.05, 0) is 111 Å². The molecular formula is C64H44N2O. The van der Waals surface area contributed by atoms with Crippen LogP contribution in [0, 0.1) is 0 Å². The van der Waals surface area contributed by atoms with Crippen LogP contribution in [-0.4, -0.2) is 4.57 Å². The van der Waals surface area contributed by atoms with E-state index in [4.69, 9.17) is 4.42 Å². The van der Waals surface area contributed by atoms with Gasteiger partial charge in [0.1, 0.15) is 11.2 Å². The van der Waals surface area contributed by atoms with E-state index in [0.29, 0.717) is 0 Å². The summed E-state index contributed by atoms with van der Waals surface area (Å²) in [6, 6.07) is 82.0. The monoisotopic (exact) mass is 856 g/mol. The number of allylic oxidation sites excluding steroid dienone is 4. The molecule has 0 bridgehead atoms. The number of anilines is 3. The average molecular weight is 857 g/mol. The topological polar surface area (TPSA) is 21.3 Å². The molecule has 0 saturated carbocycles. The summed E-state index contributed by atoms with van der Waals surface area (Å²) < 4.78 is 9.00. The molecule has 0 fully saturated rings. The van der Waals surface area contributed by atoms with Crippen molar-refractivity contribution in [2.24, 2.45) is 0 Å². The van der Waals surface area contributed by atoms with Crippen LogP contribution in [0.4, 0.5) is 17.1 Å². The Kier molecular flexibility index (Phi) is 9.31. The Bertz CT molecular complexity index is 3920. The predicted octanol–water partition coefficient (Wildman–Crippen LogP) is 18.0. The Morgan fingerprint density at radius 1 is 0.403 bits per heavy atom. The Morgan fingerprint density at radius 3 is 1.90 bits per heavy atom. The molecule has 1 unspecified atom stereocenters. The summed E-state index contributed by atoms with van der Waals surface area (Å²) in [6.07, 6.45) is 9.90. The Labute approximate surface area is 389 Å². The Morgan fingerprint density at radius 2 is 1.04 bits per heavy atom. The third-order valence-electron chi connectivity index (χ3n) is 13.7. The number of fused-ring (bicyclic) bond motifs is 7. The van der Waals surface area contributed by atoms with Crippen molar-refractivity contribution >= 4 is 71.6 Å². The lowest BCUT2D eigenvalue weighted by molar-refractivity contribution is 0.648. The van der Waals surface area contributed by atoms with Crippen molar-refractivity contribution in [3.05, 3.63) is 249 Å². The second-order valence-electron chi connectivity index (χ2n) is 17.5. The maximum atomic E-state index is 6.49. The Hall–Kier alpha value is -8.66. The molecule has 0 aliphatic heterocycles. The van der Waals surface area contributed by atoms with Crippen LogP contribution >= 0.6 is 0 Å². The first-order valence-corrected chi connectivity index (χ1v) is 23.2. The summed E-state index contributed by atoms with van der Waals surface area (Å²) in [7, 11) is 0. The van der Waals surface area contributed by atoms with Crippen molar-refractivity contribution in [1.82, 2.24) is 4.57 Å². The highest BCUT2D eigenvalue weighted by Gasteiger charge is 2.24. The van der Waals surface area contributed by atoms with Crippen molar-refractivity contribution < 1.29 is 4.42 Å². The number of hydrogen-bond acceptors (Lipinski definition) is 2. The van der Waals surface area contributed by atoms with Gasteiger partial charge in [0, 0.05) is 49.4 Å². The van der Waals surface area contributed by atoms with E-state index >= 15 is 0 Å². The second-order valence-corrected chi connectivity index (χ2v) is 17.5. The van der Waals surface area contributed by atoms with E-state index in [1.54, 1.807) is 0 Å². The normalized spacial score (nSPS) is 13.6. The van der Waals surface area contributed by atoms with Gasteiger partial charge in [-0.25, -0.2) is 0 Å². The summed E-state index contributed by atoms with van der Waals surface area (Å²) in [5, 5.41) is 7.21. The molecule has 1 aliphatic rings. The third-order valence-corrected chi connectivity index (χ3v) is 13.7. The predicted molar refractivity (Wildman–Crippen MR) is 283 cm³/mol. The standard InChI is InChI=1S/C64H44N2O/c1-3-18-43(19-4-1)51-30-16-20-44-21-17-31-56(64(44)51)52-27-8-12-33-59(52)66(58-32-11-7-26-50(58)47-36-38-55-54-29-10-14-35-62(54)67-63(55)42-47)49-25-15-22-45(40-49)46-37-39-61-57(41-46)53-28-9-13-34-60(53)65(61)48-23-5-2-6-24-48/h1-23,25-42,48H,24H2. The fraction of sp³-hybridized carbons (Fsp3) is 0.0312. The van der Waals surface area contributed by atoms with E-state index in [-0.39, 0.29) is 6.04 Å². The fourth-order valence-corrected chi connectivity index (χ4v) is 10.7. The average Bonchev–Trinajstić information content (AvgIpc) is 3.94. The maximum absolute atomic E-state index is 6.49. The molecule has 3 nitrogen and oxygen atoms in total. The van der Waals surface area contributed by atoms with Gasteiger partial charge >= 0.3 is 0 Å².